The molecule has 0 saturated heterocycles. The van der Waals surface area contributed by atoms with Crippen molar-refractivity contribution >= 4 is 40.2 Å². The van der Waals surface area contributed by atoms with Gasteiger partial charge >= 0.3 is 5.63 Å². The van der Waals surface area contributed by atoms with Crippen LogP contribution in [0.3, 0.4) is 0 Å². The van der Waals surface area contributed by atoms with E-state index in [2.05, 4.69) is 29.7 Å². The van der Waals surface area contributed by atoms with Crippen LogP contribution in [0.5, 0.6) is 0 Å². The van der Waals surface area contributed by atoms with E-state index in [1.54, 1.807) is 0 Å². The lowest BCUT2D eigenvalue weighted by Crippen LogP contribution is -2.40. The minimum absolute atomic E-state index is 0.0438. The molecule has 3 aromatic rings. The molecule has 1 aliphatic rings. The molecule has 0 radical (unpaired) electrons. The van der Waals surface area contributed by atoms with E-state index in [0.29, 0.717) is 23.3 Å². The summed E-state index contributed by atoms with van der Waals surface area (Å²) in [5.41, 5.74) is 4.45. The molecular weight excluding hydrogens is 388 g/mol. The molecular formula is C23H23ClN2O3. The Balaban J connectivity index is 2.05. The number of benzene rings is 2. The molecule has 150 valence electrons. The Kier molecular flexibility index (Phi) is 5.33. The predicted octanol–water partition coefficient (Wildman–Crippen LogP) is 4.68. The van der Waals surface area contributed by atoms with Crippen molar-refractivity contribution in [1.82, 2.24) is 0 Å². The molecule has 0 amide bonds. The number of halogens is 1. The zero-order valence-electron chi connectivity index (χ0n) is 16.6. The largest absolute Gasteiger partial charge is 0.422 e. The van der Waals surface area contributed by atoms with Gasteiger partial charge in [0.05, 0.1) is 11.4 Å². The zero-order chi connectivity index (χ0) is 20.5. The highest BCUT2D eigenvalue weighted by Gasteiger charge is 2.24. The van der Waals surface area contributed by atoms with Crippen molar-refractivity contribution in [1.29, 1.82) is 0 Å². The maximum Gasteiger partial charge on any atom is 0.347 e. The quantitative estimate of drug-likeness (QED) is 0.347. The second-order valence-electron chi connectivity index (χ2n) is 7.12. The molecule has 1 aliphatic heterocycles. The van der Waals surface area contributed by atoms with Crippen molar-refractivity contribution in [2.24, 2.45) is 0 Å². The summed E-state index contributed by atoms with van der Waals surface area (Å²) in [6.45, 7) is 7.85. The highest BCUT2D eigenvalue weighted by Crippen LogP contribution is 2.40. The summed E-state index contributed by atoms with van der Waals surface area (Å²) in [5.74, 6) is 0.407. The summed E-state index contributed by atoms with van der Waals surface area (Å²) in [4.78, 5) is 29.0. The van der Waals surface area contributed by atoms with Gasteiger partial charge in [-0.25, -0.2) is 4.79 Å². The van der Waals surface area contributed by atoms with E-state index >= 15 is 0 Å². The van der Waals surface area contributed by atoms with Crippen molar-refractivity contribution in [3.8, 4) is 11.1 Å². The summed E-state index contributed by atoms with van der Waals surface area (Å²) < 4.78 is 5.57. The highest BCUT2D eigenvalue weighted by molar-refractivity contribution is 6.17. The molecule has 0 atom stereocenters. The highest BCUT2D eigenvalue weighted by atomic mass is 35.5. The molecule has 0 saturated carbocycles. The van der Waals surface area contributed by atoms with Gasteiger partial charge in [-0.1, -0.05) is 24.3 Å². The number of alkyl halides is 1. The standard InChI is InChI=1S/C23H23ClN2O3/c1-3-25-9-10-26(4-2)20-12-21-17(11-19(20)25)22(18(14-27)23(28)29-21)16-7-5-15(13-24)6-8-16/h5-8,11-12,14H,3-4,9-10,13H2,1-2H3. The molecule has 0 aliphatic carbocycles. The van der Waals surface area contributed by atoms with Gasteiger partial charge in [-0.05, 0) is 31.0 Å². The number of rotatable bonds is 5. The number of anilines is 2. The molecule has 0 fully saturated rings. The molecule has 2 aromatic carbocycles. The van der Waals surface area contributed by atoms with Crippen LogP contribution in [0.2, 0.25) is 0 Å². The first-order chi connectivity index (χ1) is 14.1. The smallest absolute Gasteiger partial charge is 0.347 e. The number of likely N-dealkylation sites (N-methyl/N-ethyl adjacent to an activating group) is 2. The van der Waals surface area contributed by atoms with Gasteiger partial charge in [0.25, 0.3) is 0 Å². The van der Waals surface area contributed by atoms with Crippen LogP contribution in [-0.4, -0.2) is 32.5 Å². The topological polar surface area (TPSA) is 53.8 Å². The first-order valence-corrected chi connectivity index (χ1v) is 10.4. The Hall–Kier alpha value is -2.79. The lowest BCUT2D eigenvalue weighted by Gasteiger charge is -2.38. The molecule has 0 unspecified atom stereocenters. The Labute approximate surface area is 174 Å². The maximum absolute atomic E-state index is 12.6. The first-order valence-electron chi connectivity index (χ1n) is 9.86. The summed E-state index contributed by atoms with van der Waals surface area (Å²) in [6, 6.07) is 11.6. The van der Waals surface area contributed by atoms with E-state index in [4.69, 9.17) is 16.0 Å². The minimum Gasteiger partial charge on any atom is -0.422 e. The molecule has 29 heavy (non-hydrogen) atoms. The van der Waals surface area contributed by atoms with Crippen molar-refractivity contribution in [3.05, 3.63) is 57.9 Å². The molecule has 0 bridgehead atoms. The third kappa shape index (κ3) is 3.29. The van der Waals surface area contributed by atoms with E-state index in [-0.39, 0.29) is 5.56 Å². The van der Waals surface area contributed by atoms with Crippen LogP contribution in [0.1, 0.15) is 29.8 Å². The van der Waals surface area contributed by atoms with Gasteiger partial charge in [-0.2, -0.15) is 0 Å². The Morgan fingerprint density at radius 2 is 1.66 bits per heavy atom. The van der Waals surface area contributed by atoms with Crippen molar-refractivity contribution in [2.45, 2.75) is 19.7 Å². The van der Waals surface area contributed by atoms with Gasteiger partial charge in [-0.15, -0.1) is 11.6 Å². The Morgan fingerprint density at radius 3 is 2.21 bits per heavy atom. The van der Waals surface area contributed by atoms with E-state index in [1.807, 2.05) is 30.3 Å². The van der Waals surface area contributed by atoms with Crippen LogP contribution in [0.15, 0.2) is 45.6 Å². The van der Waals surface area contributed by atoms with Crippen LogP contribution in [-0.2, 0) is 5.88 Å². The third-order valence-electron chi connectivity index (χ3n) is 5.64. The lowest BCUT2D eigenvalue weighted by atomic mass is 9.95. The van der Waals surface area contributed by atoms with Crippen LogP contribution in [0.25, 0.3) is 22.1 Å². The van der Waals surface area contributed by atoms with Crippen molar-refractivity contribution in [2.75, 3.05) is 36.0 Å². The molecule has 0 N–H and O–H groups in total. The van der Waals surface area contributed by atoms with Gasteiger partial charge in [0, 0.05) is 49.1 Å². The SMILES string of the molecule is CCN1CCN(CC)c2cc3c(-c4ccc(CCl)cc4)c(C=O)c(=O)oc3cc21. The number of carbonyl (C=O) groups is 1. The van der Waals surface area contributed by atoms with Crippen LogP contribution in [0.4, 0.5) is 11.4 Å². The summed E-state index contributed by atoms with van der Waals surface area (Å²) in [7, 11) is 0. The number of hydrogen-bond acceptors (Lipinski definition) is 5. The predicted molar refractivity (Wildman–Crippen MR) is 119 cm³/mol. The fraction of sp³-hybridized carbons (Fsp3) is 0.304. The number of aldehydes is 1. The average molecular weight is 411 g/mol. The van der Waals surface area contributed by atoms with Gasteiger partial charge in [0.1, 0.15) is 11.1 Å². The van der Waals surface area contributed by atoms with Crippen LogP contribution >= 0.6 is 11.6 Å². The first kappa shape index (κ1) is 19.5. The summed E-state index contributed by atoms with van der Waals surface area (Å²) >= 11 is 5.91. The van der Waals surface area contributed by atoms with Crippen LogP contribution in [0, 0.1) is 0 Å². The fourth-order valence-electron chi connectivity index (χ4n) is 4.06. The Morgan fingerprint density at radius 1 is 1.03 bits per heavy atom. The third-order valence-corrected chi connectivity index (χ3v) is 5.95. The Bertz CT molecular complexity index is 1120. The summed E-state index contributed by atoms with van der Waals surface area (Å²) in [5, 5.41) is 0.764. The van der Waals surface area contributed by atoms with E-state index in [9.17, 15) is 9.59 Å². The monoisotopic (exact) mass is 410 g/mol. The van der Waals surface area contributed by atoms with Crippen molar-refractivity contribution in [3.63, 3.8) is 0 Å². The second-order valence-corrected chi connectivity index (χ2v) is 7.39. The van der Waals surface area contributed by atoms with Crippen LogP contribution < -0.4 is 15.4 Å². The van der Waals surface area contributed by atoms with Gasteiger partial charge in [0.2, 0.25) is 0 Å². The summed E-state index contributed by atoms with van der Waals surface area (Å²) in [6.07, 6.45) is 0.589. The second kappa shape index (κ2) is 7.91. The molecule has 5 nitrogen and oxygen atoms in total. The number of nitrogens with zero attached hydrogens (tertiary/aromatic N) is 2. The molecule has 2 heterocycles. The van der Waals surface area contributed by atoms with E-state index in [1.165, 1.54) is 0 Å². The number of hydrogen-bond donors (Lipinski definition) is 0. The van der Waals surface area contributed by atoms with E-state index < -0.39 is 5.63 Å². The molecule has 0 spiro atoms. The van der Waals surface area contributed by atoms with E-state index in [0.717, 1.165) is 54.1 Å². The zero-order valence-corrected chi connectivity index (χ0v) is 17.3. The van der Waals surface area contributed by atoms with Crippen molar-refractivity contribution < 1.29 is 9.21 Å². The molecule has 4 rings (SSSR count). The minimum atomic E-state index is -0.616. The average Bonchev–Trinajstić information content (AvgIpc) is 2.76. The molecule has 1 aromatic heterocycles. The van der Waals surface area contributed by atoms with Gasteiger partial charge in [-0.3, -0.25) is 4.79 Å². The van der Waals surface area contributed by atoms with Gasteiger partial charge in [0.15, 0.2) is 6.29 Å². The van der Waals surface area contributed by atoms with Gasteiger partial charge < -0.3 is 14.2 Å². The normalized spacial score (nSPS) is 13.6. The maximum atomic E-state index is 12.6. The number of fused-ring (bicyclic) bond motifs is 2. The molecule has 6 heteroatoms. The number of carbonyl (C=O) groups excluding carboxylic acids is 1. The lowest BCUT2D eigenvalue weighted by molar-refractivity contribution is 0.112. The fourth-order valence-corrected chi connectivity index (χ4v) is 4.24.